The molecule has 1 aromatic heterocycles. The summed E-state index contributed by atoms with van der Waals surface area (Å²) in [5.74, 6) is 0.0756. The van der Waals surface area contributed by atoms with Crippen molar-refractivity contribution in [3.8, 4) is 0 Å². The third-order valence-corrected chi connectivity index (χ3v) is 5.09. The Labute approximate surface area is 173 Å². The highest BCUT2D eigenvalue weighted by molar-refractivity contribution is 6.35. The monoisotopic (exact) mass is 421 g/mol. The van der Waals surface area contributed by atoms with Gasteiger partial charge in [0.25, 0.3) is 5.91 Å². The molecule has 2 aromatic carbocycles. The Morgan fingerprint density at radius 3 is 2.68 bits per heavy atom. The smallest absolute Gasteiger partial charge is 0.255 e. The van der Waals surface area contributed by atoms with Crippen molar-refractivity contribution in [2.45, 2.75) is 39.8 Å². The number of aryl methyl sites for hydroxylation is 1. The number of halogens is 3. The topological polar surface area (TPSA) is 38.1 Å². The molecule has 0 unspecified atom stereocenters. The number of carbonyl (C=O) groups is 1. The zero-order valence-corrected chi connectivity index (χ0v) is 17.4. The Morgan fingerprint density at radius 2 is 1.96 bits per heavy atom. The van der Waals surface area contributed by atoms with Crippen molar-refractivity contribution in [1.82, 2.24) is 14.5 Å². The van der Waals surface area contributed by atoms with E-state index in [9.17, 15) is 9.18 Å². The number of amides is 1. The second-order valence-electron chi connectivity index (χ2n) is 6.64. The summed E-state index contributed by atoms with van der Waals surface area (Å²) in [5, 5.41) is 0.799. The van der Waals surface area contributed by atoms with Gasteiger partial charge in [0.15, 0.2) is 5.82 Å². The maximum Gasteiger partial charge on any atom is 0.255 e. The van der Waals surface area contributed by atoms with E-state index in [0.29, 0.717) is 40.0 Å². The predicted molar refractivity (Wildman–Crippen MR) is 111 cm³/mol. The van der Waals surface area contributed by atoms with Crippen LogP contribution in [-0.2, 0) is 13.1 Å². The third-order valence-electron chi connectivity index (χ3n) is 4.53. The Morgan fingerprint density at radius 1 is 1.18 bits per heavy atom. The summed E-state index contributed by atoms with van der Waals surface area (Å²) in [5.41, 5.74) is 1.42. The third kappa shape index (κ3) is 4.15. The molecule has 28 heavy (non-hydrogen) atoms. The van der Waals surface area contributed by atoms with E-state index in [1.807, 2.05) is 17.6 Å². The first-order chi connectivity index (χ1) is 13.5. The lowest BCUT2D eigenvalue weighted by atomic mass is 10.2. The van der Waals surface area contributed by atoms with E-state index in [4.69, 9.17) is 23.2 Å². The summed E-state index contributed by atoms with van der Waals surface area (Å²) in [6.45, 7) is 5.54. The molecule has 148 valence electrons. The minimum absolute atomic E-state index is 0.218. The van der Waals surface area contributed by atoms with Crippen molar-refractivity contribution in [3.63, 3.8) is 0 Å². The molecule has 4 nitrogen and oxygen atoms in total. The highest BCUT2D eigenvalue weighted by atomic mass is 35.5. The van der Waals surface area contributed by atoms with Crippen LogP contribution in [0.25, 0.3) is 11.0 Å². The van der Waals surface area contributed by atoms with Gasteiger partial charge in [-0.2, -0.15) is 0 Å². The van der Waals surface area contributed by atoms with Crippen LogP contribution in [0.1, 0.15) is 42.9 Å². The van der Waals surface area contributed by atoms with E-state index in [1.54, 1.807) is 29.2 Å². The number of nitrogens with zero attached hydrogens (tertiary/aromatic N) is 3. The van der Waals surface area contributed by atoms with Gasteiger partial charge in [-0.15, -0.1) is 0 Å². The van der Waals surface area contributed by atoms with Crippen LogP contribution in [-0.4, -0.2) is 26.9 Å². The molecule has 0 aliphatic heterocycles. The predicted octanol–water partition coefficient (Wildman–Crippen LogP) is 5.94. The first kappa shape index (κ1) is 20.6. The van der Waals surface area contributed by atoms with E-state index in [2.05, 4.69) is 11.9 Å². The van der Waals surface area contributed by atoms with E-state index in [-0.39, 0.29) is 18.3 Å². The molecular weight excluding hydrogens is 400 g/mol. The first-order valence-corrected chi connectivity index (χ1v) is 10.1. The van der Waals surface area contributed by atoms with E-state index in [0.717, 1.165) is 18.4 Å². The van der Waals surface area contributed by atoms with Crippen molar-refractivity contribution in [2.24, 2.45) is 0 Å². The van der Waals surface area contributed by atoms with Gasteiger partial charge in [-0.25, -0.2) is 9.37 Å². The van der Waals surface area contributed by atoms with Crippen LogP contribution in [0.3, 0.4) is 0 Å². The number of hydrogen-bond acceptors (Lipinski definition) is 2. The molecule has 0 aliphatic rings. The van der Waals surface area contributed by atoms with Crippen molar-refractivity contribution < 1.29 is 9.18 Å². The molecule has 3 rings (SSSR count). The van der Waals surface area contributed by atoms with Gasteiger partial charge in [-0.3, -0.25) is 4.79 Å². The number of benzene rings is 2. The fourth-order valence-electron chi connectivity index (χ4n) is 3.28. The van der Waals surface area contributed by atoms with Gasteiger partial charge in [0.1, 0.15) is 11.3 Å². The molecule has 0 atom stereocenters. The van der Waals surface area contributed by atoms with E-state index >= 15 is 0 Å². The number of imidazole rings is 1. The van der Waals surface area contributed by atoms with Gasteiger partial charge < -0.3 is 9.47 Å². The van der Waals surface area contributed by atoms with Crippen molar-refractivity contribution in [3.05, 3.63) is 63.6 Å². The quantitative estimate of drug-likeness (QED) is 0.472. The highest BCUT2D eigenvalue weighted by Gasteiger charge is 2.22. The van der Waals surface area contributed by atoms with Crippen molar-refractivity contribution >= 4 is 40.1 Å². The molecule has 0 N–H and O–H groups in total. The fraction of sp³-hybridized carbons (Fsp3) is 0.333. The SMILES string of the molecule is CCCN(Cc1nc2c(F)cccc2n1CCC)C(=O)c1cc(Cl)ccc1Cl. The summed E-state index contributed by atoms with van der Waals surface area (Å²) in [6, 6.07) is 9.76. The lowest BCUT2D eigenvalue weighted by Crippen LogP contribution is -2.32. The molecule has 0 saturated heterocycles. The number of aromatic nitrogens is 2. The average Bonchev–Trinajstić information content (AvgIpc) is 3.02. The van der Waals surface area contributed by atoms with Crippen LogP contribution < -0.4 is 0 Å². The molecule has 0 fully saturated rings. The maximum absolute atomic E-state index is 14.2. The Balaban J connectivity index is 2.01. The van der Waals surface area contributed by atoms with Crippen LogP contribution in [0.2, 0.25) is 10.0 Å². The maximum atomic E-state index is 14.2. The molecule has 1 amide bonds. The van der Waals surface area contributed by atoms with Gasteiger partial charge in [0.2, 0.25) is 0 Å². The number of rotatable bonds is 7. The Bertz CT molecular complexity index is 1000. The number of fused-ring (bicyclic) bond motifs is 1. The first-order valence-electron chi connectivity index (χ1n) is 9.34. The van der Waals surface area contributed by atoms with E-state index in [1.165, 1.54) is 6.07 Å². The van der Waals surface area contributed by atoms with Gasteiger partial charge in [0, 0.05) is 18.1 Å². The van der Waals surface area contributed by atoms with Gasteiger partial charge in [-0.1, -0.05) is 43.1 Å². The van der Waals surface area contributed by atoms with Crippen LogP contribution in [0, 0.1) is 5.82 Å². The van der Waals surface area contributed by atoms with Crippen molar-refractivity contribution in [2.75, 3.05) is 6.54 Å². The highest BCUT2D eigenvalue weighted by Crippen LogP contribution is 2.25. The molecule has 0 radical (unpaired) electrons. The lowest BCUT2D eigenvalue weighted by molar-refractivity contribution is 0.0737. The van der Waals surface area contributed by atoms with Crippen molar-refractivity contribution in [1.29, 1.82) is 0 Å². The van der Waals surface area contributed by atoms with Gasteiger partial charge in [0.05, 0.1) is 22.6 Å². The number of hydrogen-bond donors (Lipinski definition) is 0. The molecular formula is C21H22Cl2FN3O. The summed E-state index contributed by atoms with van der Waals surface area (Å²) < 4.78 is 16.2. The summed E-state index contributed by atoms with van der Waals surface area (Å²) in [4.78, 5) is 19.3. The van der Waals surface area contributed by atoms with E-state index < -0.39 is 0 Å². The second kappa shape index (κ2) is 8.93. The lowest BCUT2D eigenvalue weighted by Gasteiger charge is -2.23. The number of carbonyl (C=O) groups excluding carboxylic acids is 1. The van der Waals surface area contributed by atoms with Crippen LogP contribution in [0.15, 0.2) is 36.4 Å². The normalized spacial score (nSPS) is 11.2. The zero-order chi connectivity index (χ0) is 20.3. The standard InChI is InChI=1S/C21H22Cl2FN3O/c1-3-10-26(21(28)15-12-14(22)8-9-16(15)23)13-19-25-20-17(24)6-5-7-18(20)27(19)11-4-2/h5-9,12H,3-4,10-11,13H2,1-2H3. The largest absolute Gasteiger partial charge is 0.331 e. The van der Waals surface area contributed by atoms with Gasteiger partial charge in [-0.05, 0) is 43.2 Å². The van der Waals surface area contributed by atoms with Crippen LogP contribution in [0.5, 0.6) is 0 Å². The molecule has 3 aromatic rings. The average molecular weight is 422 g/mol. The van der Waals surface area contributed by atoms with Crippen LogP contribution in [0.4, 0.5) is 4.39 Å². The molecule has 0 saturated carbocycles. The fourth-order valence-corrected chi connectivity index (χ4v) is 3.65. The summed E-state index contributed by atoms with van der Waals surface area (Å²) in [7, 11) is 0. The minimum Gasteiger partial charge on any atom is -0.331 e. The van der Waals surface area contributed by atoms with Crippen LogP contribution >= 0.6 is 23.2 Å². The zero-order valence-electron chi connectivity index (χ0n) is 15.9. The summed E-state index contributed by atoms with van der Waals surface area (Å²) in [6.07, 6.45) is 1.64. The molecule has 0 aliphatic carbocycles. The summed E-state index contributed by atoms with van der Waals surface area (Å²) >= 11 is 12.3. The number of para-hydroxylation sites is 1. The minimum atomic E-state index is -0.361. The Hall–Kier alpha value is -2.11. The molecule has 1 heterocycles. The molecule has 7 heteroatoms. The van der Waals surface area contributed by atoms with Gasteiger partial charge >= 0.3 is 0 Å². The molecule has 0 bridgehead atoms. The second-order valence-corrected chi connectivity index (χ2v) is 7.48. The molecule has 0 spiro atoms. The Kier molecular flexibility index (Phi) is 6.57.